The third-order valence-corrected chi connectivity index (χ3v) is 7.53. The average molecular weight is 485 g/mol. The Kier molecular flexibility index (Phi) is 7.95. The Labute approximate surface area is 201 Å². The van der Waals surface area contributed by atoms with Gasteiger partial charge in [-0.2, -0.15) is 4.72 Å². The van der Waals surface area contributed by atoms with E-state index in [2.05, 4.69) is 10.0 Å². The lowest BCUT2D eigenvalue weighted by Crippen LogP contribution is -2.48. The molecule has 1 amide bonds. The van der Waals surface area contributed by atoms with Gasteiger partial charge in [0.15, 0.2) is 0 Å². The van der Waals surface area contributed by atoms with Crippen molar-refractivity contribution in [3.8, 4) is 0 Å². The fraction of sp³-hybridized carbons (Fsp3) is 0.269. The van der Waals surface area contributed by atoms with Gasteiger partial charge in [0, 0.05) is 5.02 Å². The van der Waals surface area contributed by atoms with Crippen LogP contribution in [0.1, 0.15) is 40.8 Å². The number of halogens is 1. The molecule has 0 spiro atoms. The quantitative estimate of drug-likeness (QED) is 0.470. The third kappa shape index (κ3) is 6.44. The maximum Gasteiger partial charge on any atom is 0.241 e. The third-order valence-electron chi connectivity index (χ3n) is 5.50. The van der Waals surface area contributed by atoms with E-state index in [1.165, 1.54) is 0 Å². The molecule has 3 aromatic carbocycles. The van der Waals surface area contributed by atoms with E-state index in [9.17, 15) is 13.2 Å². The lowest BCUT2D eigenvalue weighted by molar-refractivity contribution is -0.123. The first kappa shape index (κ1) is 25.0. The van der Waals surface area contributed by atoms with E-state index in [0.29, 0.717) is 16.1 Å². The summed E-state index contributed by atoms with van der Waals surface area (Å²) in [5.41, 5.74) is 4.01. The van der Waals surface area contributed by atoms with Crippen LogP contribution in [-0.4, -0.2) is 20.4 Å². The van der Waals surface area contributed by atoms with Crippen molar-refractivity contribution in [2.75, 3.05) is 0 Å². The van der Waals surface area contributed by atoms with Crippen LogP contribution in [0.3, 0.4) is 0 Å². The van der Waals surface area contributed by atoms with E-state index < -0.39 is 22.0 Å². The fourth-order valence-electron chi connectivity index (χ4n) is 4.02. The Morgan fingerprint density at radius 2 is 1.52 bits per heavy atom. The van der Waals surface area contributed by atoms with Crippen LogP contribution in [0, 0.1) is 20.8 Å². The summed E-state index contributed by atoms with van der Waals surface area (Å²) < 4.78 is 29.4. The number of carbonyl (C=O) groups is 1. The number of hydrogen-bond donors (Lipinski definition) is 2. The highest BCUT2D eigenvalue weighted by Crippen LogP contribution is 2.23. The first-order chi connectivity index (χ1) is 15.6. The van der Waals surface area contributed by atoms with Gasteiger partial charge in [0.05, 0.1) is 10.9 Å². The minimum atomic E-state index is -3.94. The SMILES string of the molecule is Cc1cc(C)c(S(=O)(=O)NC(Cc2ccccc2)C(=O)NC(C)c2ccc(Cl)cc2)c(C)c1. The smallest absolute Gasteiger partial charge is 0.241 e. The molecule has 0 saturated carbocycles. The fourth-order valence-corrected chi connectivity index (χ4v) is 5.80. The number of amides is 1. The minimum absolute atomic E-state index is 0.213. The Bertz CT molecular complexity index is 1200. The predicted octanol–water partition coefficient (Wildman–Crippen LogP) is 5.03. The number of nitrogens with one attached hydrogen (secondary N) is 2. The molecular weight excluding hydrogens is 456 g/mol. The molecule has 3 aromatic rings. The molecule has 0 aliphatic rings. The summed E-state index contributed by atoms with van der Waals surface area (Å²) in [6.45, 7) is 7.31. The summed E-state index contributed by atoms with van der Waals surface area (Å²) in [4.78, 5) is 13.5. The lowest BCUT2D eigenvalue weighted by Gasteiger charge is -2.23. The molecule has 2 atom stereocenters. The molecule has 0 fully saturated rings. The van der Waals surface area contributed by atoms with Gasteiger partial charge in [-0.15, -0.1) is 0 Å². The molecule has 5 nitrogen and oxygen atoms in total. The van der Waals surface area contributed by atoms with Crippen molar-refractivity contribution in [2.24, 2.45) is 0 Å². The highest BCUT2D eigenvalue weighted by atomic mass is 35.5. The Morgan fingerprint density at radius 1 is 0.939 bits per heavy atom. The van der Waals surface area contributed by atoms with Crippen molar-refractivity contribution in [1.29, 1.82) is 0 Å². The average Bonchev–Trinajstić information content (AvgIpc) is 2.73. The van der Waals surface area contributed by atoms with Crippen LogP contribution in [0.5, 0.6) is 0 Å². The molecule has 0 aliphatic carbocycles. The normalized spacial score (nSPS) is 13.4. The number of sulfonamides is 1. The largest absolute Gasteiger partial charge is 0.348 e. The molecule has 0 heterocycles. The van der Waals surface area contributed by atoms with E-state index in [4.69, 9.17) is 11.6 Å². The zero-order chi connectivity index (χ0) is 24.2. The second kappa shape index (κ2) is 10.5. The van der Waals surface area contributed by atoms with Crippen LogP contribution in [0.2, 0.25) is 5.02 Å². The zero-order valence-corrected chi connectivity index (χ0v) is 20.8. The molecule has 0 bridgehead atoms. The zero-order valence-electron chi connectivity index (χ0n) is 19.2. The Hall–Kier alpha value is -2.67. The van der Waals surface area contributed by atoms with E-state index in [0.717, 1.165) is 16.7 Å². The van der Waals surface area contributed by atoms with E-state index in [-0.39, 0.29) is 17.4 Å². The lowest BCUT2D eigenvalue weighted by atomic mass is 10.0. The van der Waals surface area contributed by atoms with Crippen LogP contribution in [-0.2, 0) is 21.2 Å². The standard InChI is InChI=1S/C26H29ClN2O3S/c1-17-14-18(2)25(19(3)15-17)33(31,32)29-24(16-21-8-6-5-7-9-21)26(30)28-20(4)22-10-12-23(27)13-11-22/h5-15,20,24,29H,16H2,1-4H3,(H,28,30). The monoisotopic (exact) mass is 484 g/mol. The summed E-state index contributed by atoms with van der Waals surface area (Å²) in [5, 5.41) is 3.55. The first-order valence-electron chi connectivity index (χ1n) is 10.8. The second-order valence-corrected chi connectivity index (χ2v) is 10.5. The second-order valence-electron chi connectivity index (χ2n) is 8.37. The van der Waals surface area contributed by atoms with Gasteiger partial charge < -0.3 is 5.32 Å². The number of aryl methyl sites for hydroxylation is 3. The van der Waals surface area contributed by atoms with Crippen molar-refractivity contribution < 1.29 is 13.2 Å². The van der Waals surface area contributed by atoms with Gasteiger partial charge in [-0.3, -0.25) is 4.79 Å². The molecule has 3 rings (SSSR count). The van der Waals surface area contributed by atoms with Crippen molar-refractivity contribution in [1.82, 2.24) is 10.0 Å². The summed E-state index contributed by atoms with van der Waals surface area (Å²) in [6.07, 6.45) is 0.225. The molecule has 33 heavy (non-hydrogen) atoms. The van der Waals surface area contributed by atoms with Gasteiger partial charge >= 0.3 is 0 Å². The molecule has 2 N–H and O–H groups in total. The maximum atomic E-state index is 13.4. The van der Waals surface area contributed by atoms with Gasteiger partial charge in [0.2, 0.25) is 15.9 Å². The number of carbonyl (C=O) groups excluding carboxylic acids is 1. The number of hydrogen-bond acceptors (Lipinski definition) is 3. The van der Waals surface area contributed by atoms with E-state index >= 15 is 0 Å². The van der Waals surface area contributed by atoms with Crippen LogP contribution >= 0.6 is 11.6 Å². The van der Waals surface area contributed by atoms with E-state index in [1.54, 1.807) is 26.0 Å². The number of rotatable bonds is 8. The maximum absolute atomic E-state index is 13.4. The van der Waals surface area contributed by atoms with Gasteiger partial charge in [-0.05, 0) is 68.5 Å². The van der Waals surface area contributed by atoms with Crippen molar-refractivity contribution in [3.05, 3.63) is 99.6 Å². The van der Waals surface area contributed by atoms with Crippen LogP contribution in [0.25, 0.3) is 0 Å². The molecule has 7 heteroatoms. The van der Waals surface area contributed by atoms with Gasteiger partial charge in [0.25, 0.3) is 0 Å². The minimum Gasteiger partial charge on any atom is -0.348 e. The van der Waals surface area contributed by atoms with Gasteiger partial charge in [0.1, 0.15) is 6.04 Å². The molecule has 0 radical (unpaired) electrons. The van der Waals surface area contributed by atoms with Crippen LogP contribution in [0.15, 0.2) is 71.6 Å². The molecule has 0 saturated heterocycles. The van der Waals surface area contributed by atoms with Gasteiger partial charge in [-0.25, -0.2) is 8.42 Å². The first-order valence-corrected chi connectivity index (χ1v) is 12.6. The summed E-state index contributed by atoms with van der Waals surface area (Å²) >= 11 is 5.96. The van der Waals surface area contributed by atoms with Gasteiger partial charge in [-0.1, -0.05) is 71.8 Å². The van der Waals surface area contributed by atoms with Crippen molar-refractivity contribution in [3.63, 3.8) is 0 Å². The number of benzene rings is 3. The molecular formula is C26H29ClN2O3S. The summed E-state index contributed by atoms with van der Waals surface area (Å²) in [7, 11) is -3.94. The molecule has 0 aliphatic heterocycles. The molecule has 2 unspecified atom stereocenters. The summed E-state index contributed by atoms with van der Waals surface area (Å²) in [6, 6.07) is 18.9. The topological polar surface area (TPSA) is 75.3 Å². The summed E-state index contributed by atoms with van der Waals surface area (Å²) in [5.74, 6) is -0.396. The molecule has 0 aromatic heterocycles. The van der Waals surface area contributed by atoms with Crippen molar-refractivity contribution >= 4 is 27.5 Å². The Balaban J connectivity index is 1.89. The highest BCUT2D eigenvalue weighted by molar-refractivity contribution is 7.89. The van der Waals surface area contributed by atoms with E-state index in [1.807, 2.05) is 68.4 Å². The molecule has 174 valence electrons. The van der Waals surface area contributed by atoms with Crippen LogP contribution in [0.4, 0.5) is 0 Å². The van der Waals surface area contributed by atoms with Crippen molar-refractivity contribution in [2.45, 2.75) is 51.1 Å². The highest BCUT2D eigenvalue weighted by Gasteiger charge is 2.29. The predicted molar refractivity (Wildman–Crippen MR) is 133 cm³/mol. The Morgan fingerprint density at radius 3 is 2.09 bits per heavy atom. The van der Waals surface area contributed by atoms with Crippen LogP contribution < -0.4 is 10.0 Å².